The van der Waals surface area contributed by atoms with Crippen LogP contribution >= 0.6 is 11.3 Å². The van der Waals surface area contributed by atoms with Gasteiger partial charge in [-0.15, -0.1) is 11.3 Å². The molecule has 3 heterocycles. The Morgan fingerprint density at radius 2 is 2.50 bits per heavy atom. The second kappa shape index (κ2) is 4.87. The lowest BCUT2D eigenvalue weighted by atomic mass is 10.3. The van der Waals surface area contributed by atoms with E-state index in [1.807, 2.05) is 0 Å². The highest BCUT2D eigenvalue weighted by atomic mass is 32.1. The van der Waals surface area contributed by atoms with Gasteiger partial charge < -0.3 is 15.3 Å². The number of fused-ring (bicyclic) bond motifs is 1. The summed E-state index contributed by atoms with van der Waals surface area (Å²) >= 11 is 1.65. The van der Waals surface area contributed by atoms with Crippen LogP contribution in [0.15, 0.2) is 11.6 Å². The van der Waals surface area contributed by atoms with Gasteiger partial charge in [0.2, 0.25) is 0 Å². The van der Waals surface area contributed by atoms with E-state index in [9.17, 15) is 5.11 Å². The topological polar surface area (TPSA) is 52.8 Å². The predicted octanol–water partition coefficient (Wildman–Crippen LogP) is 1.08. The maximum absolute atomic E-state index is 9.66. The van der Waals surface area contributed by atoms with E-state index in [0.29, 0.717) is 6.54 Å². The molecule has 2 aromatic rings. The summed E-state index contributed by atoms with van der Waals surface area (Å²) in [4.78, 5) is 7.92. The molecule has 0 amide bonds. The van der Waals surface area contributed by atoms with Crippen LogP contribution in [0.4, 0.5) is 5.82 Å². The Balaban J connectivity index is 1.96. The zero-order valence-corrected chi connectivity index (χ0v) is 11.3. The summed E-state index contributed by atoms with van der Waals surface area (Å²) in [7, 11) is 0. The monoisotopic (exact) mass is 266 g/mol. The highest BCUT2D eigenvalue weighted by molar-refractivity contribution is 7.15. The number of nitrogens with one attached hydrogen (secondary N) is 1. The SMILES string of the molecule is CCNCc1c(N2CCC(O)C2)nc2sccn12. The molecule has 6 heteroatoms. The van der Waals surface area contributed by atoms with Crippen molar-refractivity contribution in [3.05, 3.63) is 17.3 Å². The van der Waals surface area contributed by atoms with Gasteiger partial charge in [0.05, 0.1) is 11.8 Å². The zero-order valence-electron chi connectivity index (χ0n) is 10.5. The van der Waals surface area contributed by atoms with Crippen molar-refractivity contribution in [3.8, 4) is 0 Å². The van der Waals surface area contributed by atoms with Crippen LogP contribution in [-0.4, -0.2) is 40.2 Å². The van der Waals surface area contributed by atoms with Crippen LogP contribution in [0.25, 0.3) is 4.96 Å². The summed E-state index contributed by atoms with van der Waals surface area (Å²) in [6.07, 6.45) is 2.69. The van der Waals surface area contributed by atoms with Crippen LogP contribution in [0.5, 0.6) is 0 Å². The van der Waals surface area contributed by atoms with Crippen molar-refractivity contribution in [2.75, 3.05) is 24.5 Å². The fraction of sp³-hybridized carbons (Fsp3) is 0.583. The minimum atomic E-state index is -0.211. The second-order valence-electron chi connectivity index (χ2n) is 4.61. The molecule has 0 bridgehead atoms. The highest BCUT2D eigenvalue weighted by Gasteiger charge is 2.25. The van der Waals surface area contributed by atoms with Gasteiger partial charge in [-0.05, 0) is 13.0 Å². The fourth-order valence-electron chi connectivity index (χ4n) is 2.42. The molecule has 0 aliphatic carbocycles. The van der Waals surface area contributed by atoms with Crippen LogP contribution in [0.1, 0.15) is 19.0 Å². The van der Waals surface area contributed by atoms with Crippen LogP contribution in [-0.2, 0) is 6.54 Å². The van der Waals surface area contributed by atoms with Gasteiger partial charge in [0.1, 0.15) is 0 Å². The van der Waals surface area contributed by atoms with E-state index in [1.54, 1.807) is 11.3 Å². The molecule has 0 radical (unpaired) electrons. The summed E-state index contributed by atoms with van der Waals surface area (Å²) in [5.41, 5.74) is 1.20. The molecule has 1 unspecified atom stereocenters. The van der Waals surface area contributed by atoms with Gasteiger partial charge in [0.15, 0.2) is 10.8 Å². The smallest absolute Gasteiger partial charge is 0.195 e. The van der Waals surface area contributed by atoms with Crippen molar-refractivity contribution in [1.82, 2.24) is 14.7 Å². The standard InChI is InChI=1S/C12H18N4OS/c1-2-13-7-10-11(15-4-3-9(17)8-15)14-12-16(10)5-6-18-12/h5-6,9,13,17H,2-4,7-8H2,1H3. The molecule has 1 saturated heterocycles. The number of aromatic nitrogens is 2. The molecule has 3 rings (SSSR count). The Hall–Kier alpha value is -1.11. The average molecular weight is 266 g/mol. The van der Waals surface area contributed by atoms with Gasteiger partial charge in [-0.25, -0.2) is 4.98 Å². The predicted molar refractivity (Wildman–Crippen MR) is 73.3 cm³/mol. The second-order valence-corrected chi connectivity index (χ2v) is 5.48. The Bertz CT molecular complexity index is 535. The van der Waals surface area contributed by atoms with Gasteiger partial charge in [0.25, 0.3) is 0 Å². The van der Waals surface area contributed by atoms with Crippen molar-refractivity contribution in [3.63, 3.8) is 0 Å². The minimum Gasteiger partial charge on any atom is -0.391 e. The molecular formula is C12H18N4OS. The lowest BCUT2D eigenvalue weighted by Crippen LogP contribution is -2.24. The molecule has 18 heavy (non-hydrogen) atoms. The van der Waals surface area contributed by atoms with Crippen molar-refractivity contribution in [2.45, 2.75) is 26.0 Å². The number of rotatable bonds is 4. The number of anilines is 1. The van der Waals surface area contributed by atoms with Crippen LogP contribution in [0.2, 0.25) is 0 Å². The van der Waals surface area contributed by atoms with Crippen molar-refractivity contribution >= 4 is 22.1 Å². The lowest BCUT2D eigenvalue weighted by molar-refractivity contribution is 0.198. The molecule has 1 aliphatic rings. The summed E-state index contributed by atoms with van der Waals surface area (Å²) in [5.74, 6) is 1.03. The van der Waals surface area contributed by atoms with Gasteiger partial charge in [-0.2, -0.15) is 0 Å². The highest BCUT2D eigenvalue weighted by Crippen LogP contribution is 2.27. The van der Waals surface area contributed by atoms with Gasteiger partial charge in [0, 0.05) is 31.2 Å². The van der Waals surface area contributed by atoms with E-state index >= 15 is 0 Å². The molecule has 0 saturated carbocycles. The number of β-amino-alcohol motifs (C(OH)–C–C–N with tert-alkyl or cyclic N) is 1. The van der Waals surface area contributed by atoms with Crippen LogP contribution in [0.3, 0.4) is 0 Å². The normalized spacial score (nSPS) is 20.1. The third-order valence-electron chi connectivity index (χ3n) is 3.35. The fourth-order valence-corrected chi connectivity index (χ4v) is 3.14. The Morgan fingerprint density at radius 3 is 3.22 bits per heavy atom. The minimum absolute atomic E-state index is 0.211. The van der Waals surface area contributed by atoms with Crippen LogP contribution < -0.4 is 10.2 Å². The summed E-state index contributed by atoms with van der Waals surface area (Å²) in [6, 6.07) is 0. The number of hydrogen-bond acceptors (Lipinski definition) is 5. The average Bonchev–Trinajstić information content (AvgIpc) is 3.01. The number of aliphatic hydroxyl groups excluding tert-OH is 1. The molecule has 1 atom stereocenters. The molecule has 98 valence electrons. The third-order valence-corrected chi connectivity index (χ3v) is 4.10. The van der Waals surface area contributed by atoms with Crippen molar-refractivity contribution < 1.29 is 5.11 Å². The Kier molecular flexibility index (Phi) is 3.23. The van der Waals surface area contributed by atoms with E-state index in [2.05, 4.69) is 33.1 Å². The van der Waals surface area contributed by atoms with E-state index in [4.69, 9.17) is 4.98 Å². The number of hydrogen-bond donors (Lipinski definition) is 2. The maximum Gasteiger partial charge on any atom is 0.195 e. The summed E-state index contributed by atoms with van der Waals surface area (Å²) in [5, 5.41) is 15.1. The molecule has 0 spiro atoms. The van der Waals surface area contributed by atoms with E-state index < -0.39 is 0 Å². The summed E-state index contributed by atoms with van der Waals surface area (Å²) < 4.78 is 2.15. The van der Waals surface area contributed by atoms with Crippen molar-refractivity contribution in [2.24, 2.45) is 0 Å². The molecule has 1 fully saturated rings. The first-order chi connectivity index (χ1) is 8.79. The number of aliphatic hydroxyl groups is 1. The maximum atomic E-state index is 9.66. The number of thiazole rings is 1. The summed E-state index contributed by atoms with van der Waals surface area (Å²) in [6.45, 7) is 5.45. The number of nitrogens with zero attached hydrogens (tertiary/aromatic N) is 3. The Labute approximate surface area is 110 Å². The quantitative estimate of drug-likeness (QED) is 0.869. The first-order valence-electron chi connectivity index (χ1n) is 6.37. The van der Waals surface area contributed by atoms with Gasteiger partial charge >= 0.3 is 0 Å². The van der Waals surface area contributed by atoms with Crippen molar-refractivity contribution in [1.29, 1.82) is 0 Å². The third kappa shape index (κ3) is 2.00. The first-order valence-corrected chi connectivity index (χ1v) is 7.25. The zero-order chi connectivity index (χ0) is 12.5. The first kappa shape index (κ1) is 12.0. The van der Waals surface area contributed by atoms with E-state index in [0.717, 1.165) is 36.8 Å². The van der Waals surface area contributed by atoms with Gasteiger partial charge in [-0.1, -0.05) is 6.92 Å². The molecule has 0 aromatic carbocycles. The Morgan fingerprint density at radius 1 is 1.61 bits per heavy atom. The molecule has 5 nitrogen and oxygen atoms in total. The van der Waals surface area contributed by atoms with E-state index in [1.165, 1.54) is 5.69 Å². The lowest BCUT2D eigenvalue weighted by Gasteiger charge is -2.17. The number of imidazole rings is 1. The molecule has 1 aliphatic heterocycles. The molecular weight excluding hydrogens is 248 g/mol. The van der Waals surface area contributed by atoms with E-state index in [-0.39, 0.29) is 6.10 Å². The molecule has 2 N–H and O–H groups in total. The van der Waals surface area contributed by atoms with Crippen LogP contribution in [0, 0.1) is 0 Å². The largest absolute Gasteiger partial charge is 0.391 e. The molecule has 2 aromatic heterocycles. The van der Waals surface area contributed by atoms with Gasteiger partial charge in [-0.3, -0.25) is 4.40 Å².